The van der Waals surface area contributed by atoms with Gasteiger partial charge in [-0.15, -0.1) is 0 Å². The molecule has 8 heteroatoms. The Kier molecular flexibility index (Phi) is 5.13. The summed E-state index contributed by atoms with van der Waals surface area (Å²) in [5.41, 5.74) is 2.36. The fraction of sp³-hybridized carbons (Fsp3) is 0.308. The van der Waals surface area contributed by atoms with Gasteiger partial charge in [-0.05, 0) is 61.4 Å². The zero-order chi connectivity index (χ0) is 23.1. The predicted molar refractivity (Wildman–Crippen MR) is 129 cm³/mol. The van der Waals surface area contributed by atoms with Crippen LogP contribution in [0.15, 0.2) is 53.3 Å². The third-order valence-electron chi connectivity index (χ3n) is 6.46. The van der Waals surface area contributed by atoms with Crippen LogP contribution in [-0.4, -0.2) is 32.3 Å². The lowest BCUT2D eigenvalue weighted by molar-refractivity contribution is -0.118. The average Bonchev–Trinajstić information content (AvgIpc) is 3.63. The number of fused-ring (bicyclic) bond motifs is 2. The van der Waals surface area contributed by atoms with Crippen molar-refractivity contribution in [3.05, 3.63) is 75.8 Å². The number of nitrogens with zero attached hydrogens (tertiary/aromatic N) is 3. The highest BCUT2D eigenvalue weighted by atomic mass is 16.5. The van der Waals surface area contributed by atoms with E-state index in [2.05, 4.69) is 15.4 Å². The molecular weight excluding hydrogens is 430 g/mol. The number of amides is 1. The van der Waals surface area contributed by atoms with Gasteiger partial charge < -0.3 is 10.1 Å². The van der Waals surface area contributed by atoms with E-state index in [4.69, 9.17) is 9.72 Å². The van der Waals surface area contributed by atoms with Crippen molar-refractivity contribution in [2.24, 2.45) is 0 Å². The molecule has 2 heterocycles. The normalized spacial score (nSPS) is 15.2. The summed E-state index contributed by atoms with van der Waals surface area (Å²) in [5, 5.41) is 9.72. The second-order valence-corrected chi connectivity index (χ2v) is 9.01. The first-order chi connectivity index (χ1) is 16.6. The van der Waals surface area contributed by atoms with Gasteiger partial charge in [0.1, 0.15) is 11.6 Å². The van der Waals surface area contributed by atoms with Crippen molar-refractivity contribution in [3.8, 4) is 11.7 Å². The molecule has 2 aliphatic rings. The van der Waals surface area contributed by atoms with Crippen LogP contribution in [0.1, 0.15) is 48.6 Å². The minimum absolute atomic E-state index is 0.125. The van der Waals surface area contributed by atoms with E-state index >= 15 is 0 Å². The van der Waals surface area contributed by atoms with Crippen LogP contribution in [0, 0.1) is 0 Å². The van der Waals surface area contributed by atoms with Crippen LogP contribution in [0.2, 0.25) is 0 Å². The third-order valence-corrected chi connectivity index (χ3v) is 6.46. The molecule has 4 aromatic rings. The molecule has 2 N–H and O–H groups in total. The highest BCUT2D eigenvalue weighted by molar-refractivity contribution is 5.91. The topological polar surface area (TPSA) is 102 Å². The monoisotopic (exact) mass is 455 g/mol. The van der Waals surface area contributed by atoms with Crippen LogP contribution >= 0.6 is 0 Å². The van der Waals surface area contributed by atoms with E-state index < -0.39 is 0 Å². The van der Waals surface area contributed by atoms with E-state index in [0.717, 1.165) is 66.2 Å². The Morgan fingerprint density at radius 3 is 2.76 bits per heavy atom. The Labute approximate surface area is 196 Å². The van der Waals surface area contributed by atoms with Crippen LogP contribution in [-0.2, 0) is 17.6 Å². The van der Waals surface area contributed by atoms with E-state index in [1.807, 2.05) is 48.5 Å². The van der Waals surface area contributed by atoms with Gasteiger partial charge >= 0.3 is 0 Å². The molecule has 2 aromatic heterocycles. The van der Waals surface area contributed by atoms with E-state index in [-0.39, 0.29) is 18.1 Å². The first kappa shape index (κ1) is 20.7. The minimum Gasteiger partial charge on any atom is -0.484 e. The third kappa shape index (κ3) is 4.07. The van der Waals surface area contributed by atoms with Crippen LogP contribution in [0.4, 0.5) is 5.82 Å². The SMILES string of the molecule is O=C(COc1ccc2ccccc2c1)Nc1cc(C2CC2)nn1-c1nc2c(c(=O)[nH]1)CCCC2. The largest absolute Gasteiger partial charge is 0.484 e. The first-order valence-corrected chi connectivity index (χ1v) is 11.8. The summed E-state index contributed by atoms with van der Waals surface area (Å²) in [4.78, 5) is 33.0. The van der Waals surface area contributed by atoms with Crippen molar-refractivity contribution in [2.45, 2.75) is 44.4 Å². The first-order valence-electron chi connectivity index (χ1n) is 11.8. The quantitative estimate of drug-likeness (QED) is 0.459. The lowest BCUT2D eigenvalue weighted by Crippen LogP contribution is -2.26. The van der Waals surface area contributed by atoms with Crippen LogP contribution in [0.3, 0.4) is 0 Å². The number of benzene rings is 2. The Hall–Kier alpha value is -3.94. The van der Waals surface area contributed by atoms with Crippen LogP contribution in [0.25, 0.3) is 16.7 Å². The van der Waals surface area contributed by atoms with E-state index in [0.29, 0.717) is 23.4 Å². The Morgan fingerprint density at radius 1 is 1.09 bits per heavy atom. The number of anilines is 1. The summed E-state index contributed by atoms with van der Waals surface area (Å²) in [5.74, 6) is 1.52. The molecule has 1 saturated carbocycles. The molecular formula is C26H25N5O3. The number of aromatic amines is 1. The average molecular weight is 456 g/mol. The number of ether oxygens (including phenoxy) is 1. The lowest BCUT2D eigenvalue weighted by Gasteiger charge is -2.15. The van der Waals surface area contributed by atoms with Gasteiger partial charge in [-0.1, -0.05) is 30.3 Å². The standard InChI is InChI=1S/C26H25N5O3/c32-24(15-34-19-12-11-16-5-1-2-6-18(16)13-19)28-23-14-22(17-9-10-17)30-31(23)26-27-21-8-4-3-7-20(21)25(33)29-26/h1-2,5-6,11-14,17H,3-4,7-10,15H2,(H,28,32)(H,27,29,33). The molecule has 34 heavy (non-hydrogen) atoms. The van der Waals surface area contributed by atoms with E-state index in [1.54, 1.807) is 0 Å². The Bertz CT molecular complexity index is 1450. The molecule has 8 nitrogen and oxygen atoms in total. The van der Waals surface area contributed by atoms with Gasteiger partial charge in [-0.25, -0.2) is 4.98 Å². The second kappa shape index (κ2) is 8.44. The molecule has 0 radical (unpaired) electrons. The molecule has 172 valence electrons. The van der Waals surface area contributed by atoms with Crippen LogP contribution in [0.5, 0.6) is 5.75 Å². The maximum atomic E-state index is 12.8. The molecule has 2 aromatic carbocycles. The number of nitrogens with one attached hydrogen (secondary N) is 2. The summed E-state index contributed by atoms with van der Waals surface area (Å²) in [6.07, 6.45) is 5.70. The molecule has 2 aliphatic carbocycles. The Morgan fingerprint density at radius 2 is 1.91 bits per heavy atom. The number of rotatable bonds is 6. The minimum atomic E-state index is -0.308. The van der Waals surface area contributed by atoms with Crippen molar-refractivity contribution in [1.82, 2.24) is 19.7 Å². The van der Waals surface area contributed by atoms with Gasteiger partial charge in [-0.2, -0.15) is 9.78 Å². The lowest BCUT2D eigenvalue weighted by atomic mass is 9.97. The molecule has 0 spiro atoms. The van der Waals surface area contributed by atoms with Gasteiger partial charge in [-0.3, -0.25) is 14.6 Å². The second-order valence-electron chi connectivity index (χ2n) is 9.01. The number of carbonyl (C=O) groups is 1. The molecule has 1 amide bonds. The van der Waals surface area contributed by atoms with Gasteiger partial charge in [0.25, 0.3) is 11.5 Å². The van der Waals surface area contributed by atoms with Crippen molar-refractivity contribution in [2.75, 3.05) is 11.9 Å². The van der Waals surface area contributed by atoms with Crippen molar-refractivity contribution in [3.63, 3.8) is 0 Å². The number of carbonyl (C=O) groups excluding carboxylic acids is 1. The highest BCUT2D eigenvalue weighted by Crippen LogP contribution is 2.40. The molecule has 0 bridgehead atoms. The zero-order valence-corrected chi connectivity index (χ0v) is 18.7. The summed E-state index contributed by atoms with van der Waals surface area (Å²) < 4.78 is 7.28. The number of aromatic nitrogens is 4. The molecule has 0 unspecified atom stereocenters. The molecule has 0 saturated heterocycles. The maximum absolute atomic E-state index is 12.8. The maximum Gasteiger partial charge on any atom is 0.263 e. The van der Waals surface area contributed by atoms with Gasteiger partial charge in [0.2, 0.25) is 5.95 Å². The number of hydrogen-bond acceptors (Lipinski definition) is 5. The predicted octanol–water partition coefficient (Wildman–Crippen LogP) is 3.88. The summed E-state index contributed by atoms with van der Waals surface area (Å²) in [7, 11) is 0. The summed E-state index contributed by atoms with van der Waals surface area (Å²) in [6.45, 7) is -0.142. The summed E-state index contributed by atoms with van der Waals surface area (Å²) in [6, 6.07) is 15.6. The van der Waals surface area contributed by atoms with Crippen molar-refractivity contribution in [1.29, 1.82) is 0 Å². The number of H-pyrrole nitrogens is 1. The highest BCUT2D eigenvalue weighted by Gasteiger charge is 2.29. The fourth-order valence-corrected chi connectivity index (χ4v) is 4.50. The van der Waals surface area contributed by atoms with E-state index in [9.17, 15) is 9.59 Å². The van der Waals surface area contributed by atoms with Gasteiger partial charge in [0.05, 0.1) is 11.4 Å². The zero-order valence-electron chi connectivity index (χ0n) is 18.7. The molecule has 1 fully saturated rings. The van der Waals surface area contributed by atoms with E-state index in [1.165, 1.54) is 4.68 Å². The number of aryl methyl sites for hydroxylation is 1. The molecule has 6 rings (SSSR count). The van der Waals surface area contributed by atoms with Gasteiger partial charge in [0, 0.05) is 17.5 Å². The molecule has 0 aliphatic heterocycles. The smallest absolute Gasteiger partial charge is 0.263 e. The molecule has 0 atom stereocenters. The van der Waals surface area contributed by atoms with Crippen LogP contribution < -0.4 is 15.6 Å². The Balaban J connectivity index is 1.23. The number of hydrogen-bond donors (Lipinski definition) is 2. The van der Waals surface area contributed by atoms with Crippen molar-refractivity contribution >= 4 is 22.5 Å². The van der Waals surface area contributed by atoms with Crippen molar-refractivity contribution < 1.29 is 9.53 Å². The summed E-state index contributed by atoms with van der Waals surface area (Å²) >= 11 is 0. The fourth-order valence-electron chi connectivity index (χ4n) is 4.50. The van der Waals surface area contributed by atoms with Gasteiger partial charge in [0.15, 0.2) is 6.61 Å².